The summed E-state index contributed by atoms with van der Waals surface area (Å²) in [5.74, 6) is -0.287. The van der Waals surface area contributed by atoms with Gasteiger partial charge in [-0.1, -0.05) is 30.2 Å². The first-order chi connectivity index (χ1) is 13.3. The van der Waals surface area contributed by atoms with Crippen LogP contribution in [0.4, 0.5) is 0 Å². The lowest BCUT2D eigenvalue weighted by Gasteiger charge is -2.33. The Morgan fingerprint density at radius 2 is 2.04 bits per heavy atom. The van der Waals surface area contributed by atoms with Crippen molar-refractivity contribution in [3.63, 3.8) is 0 Å². The van der Waals surface area contributed by atoms with Crippen molar-refractivity contribution in [2.75, 3.05) is 0 Å². The molecule has 6 heteroatoms. The van der Waals surface area contributed by atoms with Crippen LogP contribution in [-0.4, -0.2) is 15.5 Å². The molecule has 0 saturated carbocycles. The van der Waals surface area contributed by atoms with E-state index in [0.717, 1.165) is 39.0 Å². The van der Waals surface area contributed by atoms with Crippen LogP contribution in [0.25, 0.3) is 22.3 Å². The highest BCUT2D eigenvalue weighted by atomic mass is 35.5. The molecule has 2 aromatic heterocycles. The summed E-state index contributed by atoms with van der Waals surface area (Å²) in [6.45, 7) is 6.17. The Balaban J connectivity index is 1.83. The predicted octanol–water partition coefficient (Wildman–Crippen LogP) is 4.11. The van der Waals surface area contributed by atoms with Gasteiger partial charge in [0, 0.05) is 10.9 Å². The SMILES string of the molecule is CC[C@@]1(C)C(=O)OCc2c1cc1n(c2=O)Cc2c-1nc1ccc(C)cc1c2Cl. The molecule has 0 unspecified atom stereocenters. The van der Waals surface area contributed by atoms with Gasteiger partial charge < -0.3 is 9.30 Å². The third-order valence-corrected chi connectivity index (χ3v) is 6.66. The van der Waals surface area contributed by atoms with Crippen LogP contribution < -0.4 is 5.56 Å². The summed E-state index contributed by atoms with van der Waals surface area (Å²) in [5, 5.41) is 1.53. The minimum Gasteiger partial charge on any atom is -0.460 e. The molecule has 0 amide bonds. The van der Waals surface area contributed by atoms with Gasteiger partial charge >= 0.3 is 5.97 Å². The highest BCUT2D eigenvalue weighted by Gasteiger charge is 2.43. The van der Waals surface area contributed by atoms with Gasteiger partial charge in [-0.15, -0.1) is 0 Å². The second kappa shape index (κ2) is 5.67. The van der Waals surface area contributed by atoms with Crippen molar-refractivity contribution in [3.05, 3.63) is 61.9 Å². The minimum absolute atomic E-state index is 0.0154. The summed E-state index contributed by atoms with van der Waals surface area (Å²) < 4.78 is 7.03. The zero-order chi connectivity index (χ0) is 19.8. The molecule has 0 saturated heterocycles. The van der Waals surface area contributed by atoms with Crippen molar-refractivity contribution in [1.82, 2.24) is 9.55 Å². The Labute approximate surface area is 166 Å². The van der Waals surface area contributed by atoms with E-state index >= 15 is 0 Å². The van der Waals surface area contributed by atoms with Crippen LogP contribution in [0.5, 0.6) is 0 Å². The first kappa shape index (κ1) is 17.4. The molecule has 0 aliphatic carbocycles. The number of hydrogen-bond acceptors (Lipinski definition) is 4. The van der Waals surface area contributed by atoms with Crippen LogP contribution in [0.2, 0.25) is 5.02 Å². The molecule has 0 spiro atoms. The van der Waals surface area contributed by atoms with Gasteiger partial charge in [0.25, 0.3) is 5.56 Å². The number of fused-ring (bicyclic) bond motifs is 5. The molecule has 0 N–H and O–H groups in total. The summed E-state index contributed by atoms with van der Waals surface area (Å²) in [6, 6.07) is 7.90. The van der Waals surface area contributed by atoms with Gasteiger partial charge in [-0.25, -0.2) is 4.98 Å². The number of aromatic nitrogens is 2. The van der Waals surface area contributed by atoms with E-state index in [4.69, 9.17) is 21.3 Å². The van der Waals surface area contributed by atoms with Crippen LogP contribution in [0.15, 0.2) is 29.1 Å². The summed E-state index contributed by atoms with van der Waals surface area (Å²) in [7, 11) is 0. The minimum atomic E-state index is -0.831. The van der Waals surface area contributed by atoms with Gasteiger partial charge in [-0.2, -0.15) is 0 Å². The van der Waals surface area contributed by atoms with Crippen molar-refractivity contribution < 1.29 is 9.53 Å². The lowest BCUT2D eigenvalue weighted by molar-refractivity contribution is -0.153. The molecule has 3 aromatic rings. The largest absolute Gasteiger partial charge is 0.460 e. The second-order valence-corrected chi connectivity index (χ2v) is 8.23. The number of carbonyl (C=O) groups excluding carboxylic acids is 1. The lowest BCUT2D eigenvalue weighted by atomic mass is 9.76. The average Bonchev–Trinajstić information content (AvgIpc) is 3.05. The zero-order valence-corrected chi connectivity index (χ0v) is 16.7. The van der Waals surface area contributed by atoms with Crippen molar-refractivity contribution in [3.8, 4) is 11.4 Å². The third-order valence-electron chi connectivity index (χ3n) is 6.23. The van der Waals surface area contributed by atoms with Crippen LogP contribution in [-0.2, 0) is 28.1 Å². The van der Waals surface area contributed by atoms with Gasteiger partial charge in [0.15, 0.2) is 0 Å². The Hall–Kier alpha value is -2.66. The fourth-order valence-electron chi connectivity index (χ4n) is 4.31. The van der Waals surface area contributed by atoms with Crippen molar-refractivity contribution in [2.45, 2.75) is 45.8 Å². The number of pyridine rings is 2. The van der Waals surface area contributed by atoms with Gasteiger partial charge in [0.1, 0.15) is 6.61 Å². The maximum atomic E-state index is 13.2. The number of ether oxygens (including phenoxy) is 1. The lowest BCUT2D eigenvalue weighted by Crippen LogP contribution is -2.42. The third kappa shape index (κ3) is 2.11. The first-order valence-corrected chi connectivity index (χ1v) is 9.76. The van der Waals surface area contributed by atoms with Crippen LogP contribution in [0, 0.1) is 6.92 Å². The monoisotopic (exact) mass is 394 g/mol. The molecule has 2 aliphatic heterocycles. The summed E-state index contributed by atoms with van der Waals surface area (Å²) >= 11 is 6.73. The normalized spacial score (nSPS) is 19.9. The number of cyclic esters (lactones) is 1. The molecule has 1 atom stereocenters. The second-order valence-electron chi connectivity index (χ2n) is 7.85. The Kier molecular flexibility index (Phi) is 3.53. The molecule has 142 valence electrons. The number of rotatable bonds is 1. The number of nitrogens with zero attached hydrogens (tertiary/aromatic N) is 2. The van der Waals surface area contributed by atoms with Crippen LogP contribution in [0.1, 0.15) is 42.5 Å². The molecule has 0 fully saturated rings. The van der Waals surface area contributed by atoms with Crippen LogP contribution in [0.3, 0.4) is 0 Å². The van der Waals surface area contributed by atoms with E-state index in [1.807, 2.05) is 45.0 Å². The Morgan fingerprint density at radius 1 is 1.25 bits per heavy atom. The molecule has 5 rings (SSSR count). The van der Waals surface area contributed by atoms with Gasteiger partial charge in [0.2, 0.25) is 0 Å². The number of carbonyl (C=O) groups is 1. The molecule has 5 nitrogen and oxygen atoms in total. The summed E-state index contributed by atoms with van der Waals surface area (Å²) in [4.78, 5) is 30.5. The highest BCUT2D eigenvalue weighted by Crippen LogP contribution is 2.42. The fraction of sp³-hybridized carbons (Fsp3) is 0.318. The topological polar surface area (TPSA) is 61.2 Å². The molecular formula is C22H19ClN2O3. The van der Waals surface area contributed by atoms with E-state index in [-0.39, 0.29) is 18.1 Å². The standard InChI is InChI=1S/C22H19ClN2O3/c1-4-22(3)15-8-17-19-13(9-25(17)20(26)14(15)10-28-21(22)27)18(23)12-7-11(2)5-6-16(12)24-19/h5-8H,4,9-10H2,1-3H3/t22-/m1/s1. The first-order valence-electron chi connectivity index (χ1n) is 9.38. The van der Waals surface area contributed by atoms with Gasteiger partial charge in [-0.3, -0.25) is 9.59 Å². The predicted molar refractivity (Wildman–Crippen MR) is 108 cm³/mol. The highest BCUT2D eigenvalue weighted by molar-refractivity contribution is 6.36. The van der Waals surface area contributed by atoms with Crippen LogP contribution >= 0.6 is 11.6 Å². The van der Waals surface area contributed by atoms with Crippen molar-refractivity contribution >= 4 is 28.5 Å². The number of benzene rings is 1. The number of esters is 1. The van der Waals surface area contributed by atoms with E-state index in [0.29, 0.717) is 23.6 Å². The van der Waals surface area contributed by atoms with E-state index in [1.54, 1.807) is 4.57 Å². The maximum Gasteiger partial charge on any atom is 0.316 e. The van der Waals surface area contributed by atoms with Gasteiger partial charge in [0.05, 0.1) is 39.5 Å². The smallest absolute Gasteiger partial charge is 0.316 e. The van der Waals surface area contributed by atoms with Crippen molar-refractivity contribution in [2.24, 2.45) is 0 Å². The van der Waals surface area contributed by atoms with E-state index in [1.165, 1.54) is 0 Å². The molecular weight excluding hydrogens is 376 g/mol. The Morgan fingerprint density at radius 3 is 2.79 bits per heavy atom. The Bertz CT molecular complexity index is 1260. The molecule has 0 bridgehead atoms. The maximum absolute atomic E-state index is 13.2. The van der Waals surface area contributed by atoms with E-state index in [2.05, 4.69) is 0 Å². The molecule has 4 heterocycles. The summed E-state index contributed by atoms with van der Waals surface area (Å²) in [5.41, 5.74) is 4.53. The zero-order valence-electron chi connectivity index (χ0n) is 15.9. The number of halogens is 1. The quantitative estimate of drug-likeness (QED) is 0.456. The number of hydrogen-bond donors (Lipinski definition) is 0. The molecule has 28 heavy (non-hydrogen) atoms. The van der Waals surface area contributed by atoms with E-state index in [9.17, 15) is 9.59 Å². The summed E-state index contributed by atoms with van der Waals surface area (Å²) in [6.07, 6.45) is 0.555. The fourth-order valence-corrected chi connectivity index (χ4v) is 4.61. The molecule has 0 radical (unpaired) electrons. The molecule has 2 aliphatic rings. The van der Waals surface area contributed by atoms with E-state index < -0.39 is 5.41 Å². The van der Waals surface area contributed by atoms with Crippen molar-refractivity contribution in [1.29, 1.82) is 0 Å². The average molecular weight is 395 g/mol. The number of aryl methyl sites for hydroxylation is 1. The molecule has 1 aromatic carbocycles. The van der Waals surface area contributed by atoms with Gasteiger partial charge in [-0.05, 0) is 44.0 Å².